The molecular weight excluding hydrogens is 114 g/mol. The van der Waals surface area contributed by atoms with Crippen molar-refractivity contribution in [2.45, 2.75) is 0 Å². The molecule has 2 nitrogen and oxygen atoms in total. The van der Waals surface area contributed by atoms with E-state index in [-0.39, 0.29) is 0 Å². The Hall–Kier alpha value is -0.500. The van der Waals surface area contributed by atoms with Gasteiger partial charge in [0.2, 0.25) is 5.91 Å². The lowest BCUT2D eigenvalue weighted by Crippen LogP contribution is -2.05. The van der Waals surface area contributed by atoms with Crippen molar-refractivity contribution in [3.63, 3.8) is 0 Å². The van der Waals surface area contributed by atoms with Crippen LogP contribution in [0.5, 0.6) is 0 Å². The summed E-state index contributed by atoms with van der Waals surface area (Å²) in [6.45, 7) is 0. The van der Waals surface area contributed by atoms with E-state index in [1.807, 2.05) is 0 Å². The van der Waals surface area contributed by atoms with E-state index in [9.17, 15) is 4.79 Å². The van der Waals surface area contributed by atoms with Gasteiger partial charge in [0.15, 0.2) is 0 Å². The molecule has 0 atom stereocenters. The van der Waals surface area contributed by atoms with Crippen LogP contribution in [0.4, 0.5) is 0 Å². The fraction of sp³-hybridized carbons (Fsp3) is 0.250. The van der Waals surface area contributed by atoms with E-state index < -0.39 is 5.91 Å². The first kappa shape index (κ1) is 6.50. The van der Waals surface area contributed by atoms with Gasteiger partial charge in [-0.15, -0.1) is 11.6 Å². The van der Waals surface area contributed by atoms with E-state index in [1.54, 1.807) is 0 Å². The molecule has 0 aliphatic rings. The highest BCUT2D eigenvalue weighted by Gasteiger charge is 1.76. The summed E-state index contributed by atoms with van der Waals surface area (Å²) in [5.41, 5.74) is 4.69. The van der Waals surface area contributed by atoms with Gasteiger partial charge in [0, 0.05) is 5.88 Å². The standard InChI is InChI=1S/C4H6ClNO/c5-3-1-2-4(6)7/h1-2H,3H2,(H2,6,7). The predicted molar refractivity (Wildman–Crippen MR) is 29.1 cm³/mol. The molecule has 0 aromatic rings. The number of hydrogen-bond donors (Lipinski definition) is 1. The molecule has 0 aliphatic carbocycles. The van der Waals surface area contributed by atoms with Crippen LogP contribution in [0.3, 0.4) is 0 Å². The van der Waals surface area contributed by atoms with Crippen LogP contribution in [-0.2, 0) is 4.79 Å². The predicted octanol–water partition coefficient (Wildman–Crippen LogP) is 0.267. The Labute approximate surface area is 46.9 Å². The molecule has 0 radical (unpaired) electrons. The van der Waals surface area contributed by atoms with Gasteiger partial charge in [-0.1, -0.05) is 6.08 Å². The van der Waals surface area contributed by atoms with E-state index in [0.29, 0.717) is 5.88 Å². The Kier molecular flexibility index (Phi) is 3.42. The van der Waals surface area contributed by atoms with Crippen LogP contribution in [0.1, 0.15) is 0 Å². The van der Waals surface area contributed by atoms with E-state index in [1.165, 1.54) is 12.2 Å². The van der Waals surface area contributed by atoms with E-state index in [4.69, 9.17) is 17.3 Å². The first-order valence-electron chi connectivity index (χ1n) is 1.79. The molecule has 0 saturated carbocycles. The topological polar surface area (TPSA) is 43.1 Å². The number of carbonyl (C=O) groups is 1. The van der Waals surface area contributed by atoms with Gasteiger partial charge in [-0.05, 0) is 6.08 Å². The SMILES string of the molecule is NC(=O)C=CCCl. The van der Waals surface area contributed by atoms with Crippen molar-refractivity contribution in [2.24, 2.45) is 5.73 Å². The van der Waals surface area contributed by atoms with Crippen LogP contribution in [0, 0.1) is 0 Å². The summed E-state index contributed by atoms with van der Waals surface area (Å²) >= 11 is 5.15. The summed E-state index contributed by atoms with van der Waals surface area (Å²) in [5.74, 6) is -0.121. The molecule has 3 heteroatoms. The van der Waals surface area contributed by atoms with Gasteiger partial charge in [-0.25, -0.2) is 0 Å². The quantitative estimate of drug-likeness (QED) is 0.412. The highest BCUT2D eigenvalue weighted by atomic mass is 35.5. The molecule has 0 aromatic heterocycles. The Balaban J connectivity index is 3.26. The average Bonchev–Trinajstić information content (AvgIpc) is 1.61. The molecule has 0 spiro atoms. The maximum absolute atomic E-state index is 9.83. The second kappa shape index (κ2) is 3.68. The summed E-state index contributed by atoms with van der Waals surface area (Å²) in [4.78, 5) is 9.83. The zero-order valence-corrected chi connectivity index (χ0v) is 4.48. The Bertz CT molecular complexity index is 89.7. The minimum atomic E-state index is -0.458. The normalized spacial score (nSPS) is 9.86. The monoisotopic (exact) mass is 119 g/mol. The summed E-state index contributed by atoms with van der Waals surface area (Å²) in [6, 6.07) is 0. The van der Waals surface area contributed by atoms with Crippen LogP contribution < -0.4 is 5.73 Å². The number of nitrogens with two attached hydrogens (primary N) is 1. The first-order chi connectivity index (χ1) is 3.27. The lowest BCUT2D eigenvalue weighted by molar-refractivity contribution is -0.113. The van der Waals surface area contributed by atoms with Crippen LogP contribution in [0.25, 0.3) is 0 Å². The Morgan fingerprint density at radius 3 is 2.57 bits per heavy atom. The van der Waals surface area contributed by atoms with Crippen molar-refractivity contribution in [3.05, 3.63) is 12.2 Å². The lowest BCUT2D eigenvalue weighted by atomic mass is 10.5. The smallest absolute Gasteiger partial charge is 0.241 e. The number of amides is 1. The van der Waals surface area contributed by atoms with Crippen LogP contribution in [0.15, 0.2) is 12.2 Å². The molecule has 0 unspecified atom stereocenters. The second-order valence-corrected chi connectivity index (χ2v) is 1.27. The number of hydrogen-bond acceptors (Lipinski definition) is 1. The van der Waals surface area contributed by atoms with Crippen molar-refractivity contribution in [3.8, 4) is 0 Å². The number of halogens is 1. The van der Waals surface area contributed by atoms with Gasteiger partial charge in [-0.2, -0.15) is 0 Å². The molecule has 0 aromatic carbocycles. The molecule has 0 fully saturated rings. The third kappa shape index (κ3) is 5.50. The van der Waals surface area contributed by atoms with Crippen LogP contribution >= 0.6 is 11.6 Å². The number of primary amides is 1. The van der Waals surface area contributed by atoms with E-state index in [0.717, 1.165) is 0 Å². The molecule has 7 heavy (non-hydrogen) atoms. The minimum absolute atomic E-state index is 0.336. The van der Waals surface area contributed by atoms with Gasteiger partial charge in [0.05, 0.1) is 0 Å². The zero-order valence-electron chi connectivity index (χ0n) is 3.73. The molecule has 0 rings (SSSR count). The fourth-order valence-corrected chi connectivity index (χ4v) is 0.250. The summed E-state index contributed by atoms with van der Waals surface area (Å²) in [5, 5.41) is 0. The summed E-state index contributed by atoms with van der Waals surface area (Å²) in [6.07, 6.45) is 2.72. The van der Waals surface area contributed by atoms with Crippen LogP contribution in [-0.4, -0.2) is 11.8 Å². The van der Waals surface area contributed by atoms with Crippen molar-refractivity contribution in [1.29, 1.82) is 0 Å². The largest absolute Gasteiger partial charge is 0.366 e. The molecule has 0 saturated heterocycles. The second-order valence-electron chi connectivity index (χ2n) is 0.959. The first-order valence-corrected chi connectivity index (χ1v) is 2.32. The third-order valence-corrected chi connectivity index (χ3v) is 0.549. The molecule has 0 heterocycles. The Morgan fingerprint density at radius 1 is 1.86 bits per heavy atom. The zero-order chi connectivity index (χ0) is 5.70. The van der Waals surface area contributed by atoms with E-state index >= 15 is 0 Å². The number of rotatable bonds is 2. The van der Waals surface area contributed by atoms with E-state index in [2.05, 4.69) is 0 Å². The molecule has 40 valence electrons. The van der Waals surface area contributed by atoms with Gasteiger partial charge in [-0.3, -0.25) is 4.79 Å². The lowest BCUT2D eigenvalue weighted by Gasteiger charge is -1.73. The molecule has 1 amide bonds. The summed E-state index contributed by atoms with van der Waals surface area (Å²) < 4.78 is 0. The number of carbonyl (C=O) groups excluding carboxylic acids is 1. The minimum Gasteiger partial charge on any atom is -0.366 e. The maximum Gasteiger partial charge on any atom is 0.241 e. The van der Waals surface area contributed by atoms with Crippen molar-refractivity contribution in [1.82, 2.24) is 0 Å². The average molecular weight is 120 g/mol. The van der Waals surface area contributed by atoms with Crippen molar-refractivity contribution >= 4 is 17.5 Å². The van der Waals surface area contributed by atoms with Crippen molar-refractivity contribution in [2.75, 3.05) is 5.88 Å². The number of alkyl halides is 1. The van der Waals surface area contributed by atoms with Gasteiger partial charge >= 0.3 is 0 Å². The molecule has 0 bridgehead atoms. The highest BCUT2D eigenvalue weighted by molar-refractivity contribution is 6.19. The molecule has 0 aliphatic heterocycles. The number of allylic oxidation sites excluding steroid dienone is 1. The third-order valence-electron chi connectivity index (χ3n) is 0.371. The molecule has 2 N–H and O–H groups in total. The fourth-order valence-electron chi connectivity index (χ4n) is 0.161. The van der Waals surface area contributed by atoms with Gasteiger partial charge in [0.1, 0.15) is 0 Å². The Morgan fingerprint density at radius 2 is 2.43 bits per heavy atom. The summed E-state index contributed by atoms with van der Waals surface area (Å²) in [7, 11) is 0. The van der Waals surface area contributed by atoms with Gasteiger partial charge < -0.3 is 5.73 Å². The highest BCUT2D eigenvalue weighted by Crippen LogP contribution is 1.74. The molecular formula is C4H6ClNO. The van der Waals surface area contributed by atoms with Crippen LogP contribution in [0.2, 0.25) is 0 Å². The van der Waals surface area contributed by atoms with Gasteiger partial charge in [0.25, 0.3) is 0 Å². The maximum atomic E-state index is 9.83. The van der Waals surface area contributed by atoms with Crippen molar-refractivity contribution < 1.29 is 4.79 Å².